The van der Waals surface area contributed by atoms with Crippen LogP contribution in [0.2, 0.25) is 0 Å². The van der Waals surface area contributed by atoms with Gasteiger partial charge in [-0.15, -0.1) is 5.10 Å². The summed E-state index contributed by atoms with van der Waals surface area (Å²) >= 11 is 0. The largest absolute Gasteiger partial charge is 0.494 e. The highest BCUT2D eigenvalue weighted by molar-refractivity contribution is 5.98. The Bertz CT molecular complexity index is 948. The van der Waals surface area contributed by atoms with E-state index >= 15 is 0 Å². The third kappa shape index (κ3) is 4.56. The Morgan fingerprint density at radius 1 is 1.18 bits per heavy atom. The molecule has 0 aliphatic rings. The first kappa shape index (κ1) is 19.2. The van der Waals surface area contributed by atoms with Crippen LogP contribution in [0.15, 0.2) is 54.9 Å². The van der Waals surface area contributed by atoms with Crippen LogP contribution in [0.4, 0.5) is 4.39 Å². The quantitative estimate of drug-likeness (QED) is 0.433. The molecule has 2 aromatic carbocycles. The second-order valence-corrected chi connectivity index (χ2v) is 5.88. The number of halogens is 1. The first-order valence-corrected chi connectivity index (χ1v) is 8.38. The molecule has 0 saturated heterocycles. The predicted molar refractivity (Wildman–Crippen MR) is 95.2 cm³/mol. The van der Waals surface area contributed by atoms with Gasteiger partial charge in [-0.2, -0.15) is 0 Å². The molecule has 144 valence electrons. The lowest BCUT2D eigenvalue weighted by molar-refractivity contribution is -0.146. The zero-order valence-electron chi connectivity index (χ0n) is 15.0. The van der Waals surface area contributed by atoms with Crippen molar-refractivity contribution in [1.29, 1.82) is 0 Å². The molecule has 0 unspecified atom stereocenters. The molecule has 0 aliphatic heterocycles. The molecule has 0 N–H and O–H groups in total. The summed E-state index contributed by atoms with van der Waals surface area (Å²) in [6.07, 6.45) is 1.59. The van der Waals surface area contributed by atoms with Gasteiger partial charge in [-0.1, -0.05) is 30.3 Å². The van der Waals surface area contributed by atoms with Crippen molar-refractivity contribution in [3.8, 4) is 5.75 Å². The summed E-state index contributed by atoms with van der Waals surface area (Å²) in [4.78, 5) is 24.8. The van der Waals surface area contributed by atoms with Gasteiger partial charge in [0.1, 0.15) is 6.33 Å². The average molecular weight is 384 g/mol. The molecule has 0 bridgehead atoms. The van der Waals surface area contributed by atoms with Gasteiger partial charge in [-0.25, -0.2) is 13.9 Å². The van der Waals surface area contributed by atoms with Crippen molar-refractivity contribution in [2.75, 3.05) is 13.7 Å². The molecule has 0 saturated carbocycles. The summed E-state index contributed by atoms with van der Waals surface area (Å²) in [5.74, 6) is -1.85. The van der Waals surface area contributed by atoms with Gasteiger partial charge in [0.05, 0.1) is 7.11 Å². The molecule has 9 heteroatoms. The molecule has 0 radical (unpaired) electrons. The third-order valence-electron chi connectivity index (χ3n) is 4.05. The molecule has 1 heterocycles. The van der Waals surface area contributed by atoms with Crippen LogP contribution in [0.25, 0.3) is 0 Å². The summed E-state index contributed by atoms with van der Waals surface area (Å²) in [5.41, 5.74) is 0.955. The van der Waals surface area contributed by atoms with E-state index in [2.05, 4.69) is 15.5 Å². The Labute approximate surface area is 159 Å². The average Bonchev–Trinajstić information content (AvgIpc) is 3.25. The highest BCUT2D eigenvalue weighted by Gasteiger charge is 2.25. The molecule has 28 heavy (non-hydrogen) atoms. The predicted octanol–water partition coefficient (Wildman–Crippen LogP) is 2.03. The van der Waals surface area contributed by atoms with Crippen LogP contribution in [-0.4, -0.2) is 45.7 Å². The standard InChI is InChI=1S/C19H17FN4O4/c1-27-18-8-7-14(10-15(18)20)17(25)11-28-19(26)16(24-12-21-22-23-24)9-13-5-3-2-4-6-13/h2-8,10,12,16H,9,11H2,1H3/t16-/m1/s1. The molecule has 8 nitrogen and oxygen atoms in total. The van der Waals surface area contributed by atoms with Crippen molar-refractivity contribution >= 4 is 11.8 Å². The fraction of sp³-hybridized carbons (Fsp3) is 0.211. The maximum Gasteiger partial charge on any atom is 0.331 e. The van der Waals surface area contributed by atoms with Gasteiger partial charge in [-0.05, 0) is 34.2 Å². The van der Waals surface area contributed by atoms with Crippen LogP contribution in [0, 0.1) is 5.82 Å². The molecule has 3 rings (SSSR count). The summed E-state index contributed by atoms with van der Waals surface area (Å²) in [7, 11) is 1.33. The van der Waals surface area contributed by atoms with Crippen molar-refractivity contribution in [2.45, 2.75) is 12.5 Å². The van der Waals surface area contributed by atoms with E-state index in [1.165, 1.54) is 30.3 Å². The molecule has 1 atom stereocenters. The molecule has 0 fully saturated rings. The van der Waals surface area contributed by atoms with Gasteiger partial charge in [-0.3, -0.25) is 4.79 Å². The molecule has 0 amide bonds. The van der Waals surface area contributed by atoms with Gasteiger partial charge >= 0.3 is 5.97 Å². The number of Topliss-reactive ketones (excluding diaryl/α,β-unsaturated/α-hetero) is 1. The first-order valence-electron chi connectivity index (χ1n) is 8.38. The Balaban J connectivity index is 1.68. The van der Waals surface area contributed by atoms with Crippen LogP contribution in [0.5, 0.6) is 5.75 Å². The molecule has 3 aromatic rings. The summed E-state index contributed by atoms with van der Waals surface area (Å²) in [6.45, 7) is -0.530. The topological polar surface area (TPSA) is 96.2 Å². The Kier molecular flexibility index (Phi) is 6.05. The van der Waals surface area contributed by atoms with E-state index in [0.29, 0.717) is 0 Å². The van der Waals surface area contributed by atoms with Crippen LogP contribution in [-0.2, 0) is 16.0 Å². The maximum absolute atomic E-state index is 13.8. The van der Waals surface area contributed by atoms with E-state index in [-0.39, 0.29) is 17.7 Å². The van der Waals surface area contributed by atoms with E-state index in [9.17, 15) is 14.0 Å². The minimum Gasteiger partial charge on any atom is -0.494 e. The summed E-state index contributed by atoms with van der Waals surface area (Å²) in [6, 6.07) is 12.2. The van der Waals surface area contributed by atoms with Crippen molar-refractivity contribution in [3.05, 3.63) is 71.8 Å². The van der Waals surface area contributed by atoms with Crippen LogP contribution < -0.4 is 4.74 Å². The summed E-state index contributed by atoms with van der Waals surface area (Å²) in [5, 5.41) is 10.8. The Hall–Kier alpha value is -3.62. The fourth-order valence-electron chi connectivity index (χ4n) is 2.59. The SMILES string of the molecule is COc1ccc(C(=O)COC(=O)[C@@H](Cc2ccccc2)n2cnnn2)cc1F. The zero-order chi connectivity index (χ0) is 19.9. The van der Waals surface area contributed by atoms with Gasteiger partial charge < -0.3 is 9.47 Å². The van der Waals surface area contributed by atoms with Gasteiger partial charge in [0.15, 0.2) is 30.0 Å². The molecular formula is C19H17FN4O4. The van der Waals surface area contributed by atoms with E-state index < -0.39 is 30.2 Å². The molecule has 0 spiro atoms. The lowest BCUT2D eigenvalue weighted by Crippen LogP contribution is -2.26. The molecule has 1 aromatic heterocycles. The number of tetrazole rings is 1. The number of methoxy groups -OCH3 is 1. The third-order valence-corrected chi connectivity index (χ3v) is 4.05. The number of aromatic nitrogens is 4. The van der Waals surface area contributed by atoms with Gasteiger partial charge in [0.25, 0.3) is 0 Å². The lowest BCUT2D eigenvalue weighted by Gasteiger charge is -2.15. The lowest BCUT2D eigenvalue weighted by atomic mass is 10.1. The van der Waals surface area contributed by atoms with Crippen LogP contribution >= 0.6 is 0 Å². The van der Waals surface area contributed by atoms with Crippen molar-refractivity contribution in [2.24, 2.45) is 0 Å². The van der Waals surface area contributed by atoms with E-state index in [4.69, 9.17) is 9.47 Å². The van der Waals surface area contributed by atoms with Crippen molar-refractivity contribution in [3.63, 3.8) is 0 Å². The zero-order valence-corrected chi connectivity index (χ0v) is 15.0. The monoisotopic (exact) mass is 384 g/mol. The van der Waals surface area contributed by atoms with Crippen LogP contribution in [0.1, 0.15) is 22.0 Å². The number of nitrogens with zero attached hydrogens (tertiary/aromatic N) is 4. The van der Waals surface area contributed by atoms with E-state index in [0.717, 1.165) is 11.6 Å². The number of benzene rings is 2. The number of hydrogen-bond acceptors (Lipinski definition) is 7. The fourth-order valence-corrected chi connectivity index (χ4v) is 2.59. The minimum absolute atomic E-state index is 0.0233. The minimum atomic E-state index is -0.835. The number of carbonyl (C=O) groups is 2. The number of esters is 1. The number of ether oxygens (including phenoxy) is 2. The van der Waals surface area contributed by atoms with Gasteiger partial charge in [0, 0.05) is 12.0 Å². The number of ketones is 1. The van der Waals surface area contributed by atoms with Crippen molar-refractivity contribution in [1.82, 2.24) is 20.2 Å². The van der Waals surface area contributed by atoms with Crippen LogP contribution in [0.3, 0.4) is 0 Å². The number of hydrogen-bond donors (Lipinski definition) is 0. The van der Waals surface area contributed by atoms with E-state index in [1.807, 2.05) is 30.3 Å². The smallest absolute Gasteiger partial charge is 0.331 e. The normalized spacial score (nSPS) is 11.6. The number of rotatable bonds is 8. The Morgan fingerprint density at radius 3 is 2.61 bits per heavy atom. The van der Waals surface area contributed by atoms with E-state index in [1.54, 1.807) is 0 Å². The maximum atomic E-state index is 13.8. The first-order chi connectivity index (χ1) is 13.6. The van der Waals surface area contributed by atoms with Crippen molar-refractivity contribution < 1.29 is 23.5 Å². The second-order valence-electron chi connectivity index (χ2n) is 5.88. The van der Waals surface area contributed by atoms with Gasteiger partial charge in [0.2, 0.25) is 0 Å². The summed E-state index contributed by atoms with van der Waals surface area (Å²) < 4.78 is 25.0. The second kappa shape index (κ2) is 8.85. The number of carbonyl (C=O) groups excluding carboxylic acids is 2. The highest BCUT2D eigenvalue weighted by atomic mass is 19.1. The molecule has 0 aliphatic carbocycles. The highest BCUT2D eigenvalue weighted by Crippen LogP contribution is 2.19. The molecular weight excluding hydrogens is 367 g/mol. The Morgan fingerprint density at radius 2 is 1.96 bits per heavy atom.